The Morgan fingerprint density at radius 3 is 2.86 bits per heavy atom. The van der Waals surface area contributed by atoms with Gasteiger partial charge in [-0.3, -0.25) is 14.8 Å². The third-order valence-electron chi connectivity index (χ3n) is 4.72. The first-order chi connectivity index (χ1) is 14.2. The molecule has 1 aliphatic heterocycles. The molecule has 3 heterocycles. The summed E-state index contributed by atoms with van der Waals surface area (Å²) in [6, 6.07) is 12.1. The molecular formula is C22H21N5OS. The quantitative estimate of drug-likeness (QED) is 0.364. The number of amides is 1. The van der Waals surface area contributed by atoms with Gasteiger partial charge in [-0.2, -0.15) is 0 Å². The molecule has 0 bridgehead atoms. The fourth-order valence-electron chi connectivity index (χ4n) is 3.32. The lowest BCUT2D eigenvalue weighted by molar-refractivity contribution is -0.116. The van der Waals surface area contributed by atoms with Gasteiger partial charge >= 0.3 is 0 Å². The predicted octanol–water partition coefficient (Wildman–Crippen LogP) is 4.30. The van der Waals surface area contributed by atoms with Crippen LogP contribution in [0.4, 0.5) is 11.5 Å². The summed E-state index contributed by atoms with van der Waals surface area (Å²) in [7, 11) is 1.92. The smallest absolute Gasteiger partial charge is 0.225 e. The van der Waals surface area contributed by atoms with Gasteiger partial charge in [0.15, 0.2) is 0 Å². The summed E-state index contributed by atoms with van der Waals surface area (Å²) in [5.41, 5.74) is 5.73. The number of pyridine rings is 2. The van der Waals surface area contributed by atoms with Crippen molar-refractivity contribution in [1.82, 2.24) is 15.3 Å². The van der Waals surface area contributed by atoms with Gasteiger partial charge in [-0.25, -0.2) is 4.98 Å². The lowest BCUT2D eigenvalue weighted by Crippen LogP contribution is -2.20. The molecule has 0 spiro atoms. The van der Waals surface area contributed by atoms with Crippen LogP contribution in [0, 0.1) is 0 Å². The van der Waals surface area contributed by atoms with E-state index in [0.717, 1.165) is 44.4 Å². The van der Waals surface area contributed by atoms with E-state index in [1.54, 1.807) is 24.2 Å². The van der Waals surface area contributed by atoms with E-state index in [1.807, 2.05) is 31.3 Å². The lowest BCUT2D eigenvalue weighted by Gasteiger charge is -2.18. The highest BCUT2D eigenvalue weighted by Gasteiger charge is 2.18. The second-order valence-electron chi connectivity index (χ2n) is 6.67. The summed E-state index contributed by atoms with van der Waals surface area (Å²) >= 11 is 1.67. The van der Waals surface area contributed by atoms with E-state index in [2.05, 4.69) is 44.4 Å². The van der Waals surface area contributed by atoms with E-state index in [1.165, 1.54) is 0 Å². The summed E-state index contributed by atoms with van der Waals surface area (Å²) in [6.07, 6.45) is 4.75. The van der Waals surface area contributed by atoms with Crippen molar-refractivity contribution in [3.05, 3.63) is 54.4 Å². The average molecular weight is 404 g/mol. The van der Waals surface area contributed by atoms with Crippen LogP contribution in [0.25, 0.3) is 22.4 Å². The summed E-state index contributed by atoms with van der Waals surface area (Å²) in [4.78, 5) is 25.9. The first kappa shape index (κ1) is 19.3. The first-order valence-corrected chi connectivity index (χ1v) is 10.3. The lowest BCUT2D eigenvalue weighted by atomic mass is 9.98. The number of nitrogens with one attached hydrogen (secondary N) is 2. The SMILES string of the molecule is C=Nc1cc(-c2cnc3c(c2)CCC(=O)N3)cc(-c2ccccn2)c1SCNC. The van der Waals surface area contributed by atoms with Gasteiger partial charge in [-0.1, -0.05) is 6.07 Å². The van der Waals surface area contributed by atoms with E-state index < -0.39 is 0 Å². The monoisotopic (exact) mass is 403 g/mol. The third kappa shape index (κ3) is 4.06. The summed E-state index contributed by atoms with van der Waals surface area (Å²) in [5.74, 6) is 1.42. The number of benzene rings is 1. The third-order valence-corrected chi connectivity index (χ3v) is 5.87. The normalized spacial score (nSPS) is 12.9. The molecule has 0 aliphatic carbocycles. The minimum atomic E-state index is 0.0132. The number of hydrogen-bond donors (Lipinski definition) is 2. The molecule has 0 radical (unpaired) electrons. The molecule has 7 heteroatoms. The standard InChI is InChI=1S/C22H21N5OS/c1-23-13-29-21-17(18-5-3-4-8-25-18)10-15(11-19(21)24-2)16-9-14-6-7-20(28)27-22(14)26-12-16/h3-5,8-12,23H,2,6-7,13H2,1H3,(H,26,27,28). The first-order valence-electron chi connectivity index (χ1n) is 9.32. The molecule has 1 aliphatic rings. The number of aliphatic imine (C=N–C) groups is 1. The zero-order valence-corrected chi connectivity index (χ0v) is 16.9. The number of thioether (sulfide) groups is 1. The summed E-state index contributed by atoms with van der Waals surface area (Å²) in [5, 5.41) is 6.00. The van der Waals surface area contributed by atoms with Gasteiger partial charge in [0.05, 0.1) is 11.4 Å². The zero-order chi connectivity index (χ0) is 20.2. The van der Waals surface area contributed by atoms with Crippen molar-refractivity contribution in [2.45, 2.75) is 17.7 Å². The van der Waals surface area contributed by atoms with Crippen molar-refractivity contribution in [2.24, 2.45) is 4.99 Å². The van der Waals surface area contributed by atoms with Crippen molar-refractivity contribution in [3.63, 3.8) is 0 Å². The average Bonchev–Trinajstić information content (AvgIpc) is 2.77. The highest BCUT2D eigenvalue weighted by atomic mass is 32.2. The topological polar surface area (TPSA) is 79.3 Å². The number of carbonyl (C=O) groups is 1. The molecule has 29 heavy (non-hydrogen) atoms. The van der Waals surface area contributed by atoms with E-state index >= 15 is 0 Å². The fraction of sp³-hybridized carbons (Fsp3) is 0.182. The zero-order valence-electron chi connectivity index (χ0n) is 16.1. The number of anilines is 1. The molecule has 1 amide bonds. The van der Waals surface area contributed by atoms with Crippen LogP contribution in [0.15, 0.2) is 58.7 Å². The molecule has 146 valence electrons. The Balaban J connectivity index is 1.84. The number of aryl methyl sites for hydroxylation is 1. The van der Waals surface area contributed by atoms with Crippen LogP contribution in [0.5, 0.6) is 0 Å². The summed E-state index contributed by atoms with van der Waals surface area (Å²) < 4.78 is 0. The Kier molecular flexibility index (Phi) is 5.69. The fourth-order valence-corrected chi connectivity index (χ4v) is 4.20. The molecule has 6 nitrogen and oxygen atoms in total. The molecule has 0 saturated carbocycles. The molecule has 0 fully saturated rings. The number of fused-ring (bicyclic) bond motifs is 1. The number of nitrogens with zero attached hydrogens (tertiary/aromatic N) is 3. The van der Waals surface area contributed by atoms with Crippen LogP contribution in [0.3, 0.4) is 0 Å². The van der Waals surface area contributed by atoms with Gasteiger partial charge < -0.3 is 10.6 Å². The van der Waals surface area contributed by atoms with Crippen LogP contribution in [0.1, 0.15) is 12.0 Å². The number of hydrogen-bond acceptors (Lipinski definition) is 6. The highest BCUT2D eigenvalue weighted by molar-refractivity contribution is 7.99. The maximum Gasteiger partial charge on any atom is 0.225 e. The van der Waals surface area contributed by atoms with E-state index in [0.29, 0.717) is 18.7 Å². The van der Waals surface area contributed by atoms with Crippen molar-refractivity contribution in [3.8, 4) is 22.4 Å². The largest absolute Gasteiger partial charge is 0.311 e. The van der Waals surface area contributed by atoms with E-state index in [-0.39, 0.29) is 5.91 Å². The maximum absolute atomic E-state index is 11.6. The Morgan fingerprint density at radius 1 is 1.21 bits per heavy atom. The molecule has 2 N–H and O–H groups in total. The Labute approximate surface area is 173 Å². The maximum atomic E-state index is 11.6. The predicted molar refractivity (Wildman–Crippen MR) is 119 cm³/mol. The molecule has 4 rings (SSSR count). The number of rotatable bonds is 6. The summed E-state index contributed by atoms with van der Waals surface area (Å²) in [6.45, 7) is 3.78. The van der Waals surface area contributed by atoms with Crippen molar-refractivity contribution >= 4 is 35.9 Å². The minimum absolute atomic E-state index is 0.0132. The number of carbonyl (C=O) groups excluding carboxylic acids is 1. The van der Waals surface area contributed by atoms with Crippen molar-refractivity contribution < 1.29 is 4.79 Å². The van der Waals surface area contributed by atoms with E-state index in [4.69, 9.17) is 0 Å². The molecule has 2 aromatic heterocycles. The molecule has 0 saturated heterocycles. The second kappa shape index (κ2) is 8.55. The van der Waals surface area contributed by atoms with Gasteiger partial charge in [0.2, 0.25) is 5.91 Å². The molecular weight excluding hydrogens is 382 g/mol. The second-order valence-corrected chi connectivity index (χ2v) is 7.65. The Bertz CT molecular complexity index is 1070. The molecule has 3 aromatic rings. The van der Waals surface area contributed by atoms with Crippen LogP contribution in [-0.4, -0.2) is 35.5 Å². The van der Waals surface area contributed by atoms with Crippen LogP contribution < -0.4 is 10.6 Å². The van der Waals surface area contributed by atoms with Gasteiger partial charge in [0.25, 0.3) is 0 Å². The van der Waals surface area contributed by atoms with Gasteiger partial charge in [-0.05, 0) is 61.6 Å². The van der Waals surface area contributed by atoms with Gasteiger partial charge in [-0.15, -0.1) is 11.8 Å². The highest BCUT2D eigenvalue weighted by Crippen LogP contribution is 2.41. The van der Waals surface area contributed by atoms with Crippen LogP contribution >= 0.6 is 11.8 Å². The van der Waals surface area contributed by atoms with Crippen LogP contribution in [0.2, 0.25) is 0 Å². The molecule has 0 atom stereocenters. The van der Waals surface area contributed by atoms with Gasteiger partial charge in [0.1, 0.15) is 5.82 Å². The van der Waals surface area contributed by atoms with E-state index in [9.17, 15) is 4.79 Å². The molecule has 1 aromatic carbocycles. The Hall–Kier alpha value is -3.03. The molecule has 0 unspecified atom stereocenters. The number of aromatic nitrogens is 2. The van der Waals surface area contributed by atoms with Crippen molar-refractivity contribution in [2.75, 3.05) is 18.2 Å². The minimum Gasteiger partial charge on any atom is -0.311 e. The Morgan fingerprint density at radius 2 is 2.10 bits per heavy atom. The van der Waals surface area contributed by atoms with Crippen LogP contribution in [-0.2, 0) is 11.2 Å². The van der Waals surface area contributed by atoms with Gasteiger partial charge in [0, 0.05) is 40.7 Å². The van der Waals surface area contributed by atoms with Crippen molar-refractivity contribution in [1.29, 1.82) is 0 Å².